The molecule has 2 aliphatic rings. The molecule has 1 aromatic rings. The van der Waals surface area contributed by atoms with Crippen molar-refractivity contribution in [2.24, 2.45) is 0 Å². The lowest BCUT2D eigenvalue weighted by atomic mass is 10.0. The zero-order chi connectivity index (χ0) is 13.2. The van der Waals surface area contributed by atoms with Crippen LogP contribution < -0.4 is 10.1 Å². The molecule has 1 fully saturated rings. The summed E-state index contributed by atoms with van der Waals surface area (Å²) in [5, 5.41) is 3.69. The molecule has 0 unspecified atom stereocenters. The number of ether oxygens (including phenoxy) is 1. The molecule has 2 aliphatic heterocycles. The van der Waals surface area contributed by atoms with Gasteiger partial charge in [-0.3, -0.25) is 0 Å². The van der Waals surface area contributed by atoms with Crippen molar-refractivity contribution in [3.63, 3.8) is 0 Å². The number of halogens is 1. The van der Waals surface area contributed by atoms with Crippen molar-refractivity contribution in [2.75, 3.05) is 26.7 Å². The largest absolute Gasteiger partial charge is 0.493 e. The average molecular weight is 325 g/mol. The van der Waals surface area contributed by atoms with Gasteiger partial charge in [-0.15, -0.1) is 0 Å². The molecule has 1 N–H and O–H groups in total. The Balaban J connectivity index is 1.64. The molecule has 0 saturated carbocycles. The van der Waals surface area contributed by atoms with Gasteiger partial charge in [-0.25, -0.2) is 0 Å². The van der Waals surface area contributed by atoms with Crippen LogP contribution in [0.25, 0.3) is 0 Å². The molecule has 4 heteroatoms. The SMILES string of the molecule is CN1CCC(NCc2cc(Br)cc3c2OCC3)CC1. The highest BCUT2D eigenvalue weighted by Gasteiger charge is 2.20. The summed E-state index contributed by atoms with van der Waals surface area (Å²) in [7, 11) is 2.20. The second kappa shape index (κ2) is 5.81. The highest BCUT2D eigenvalue weighted by Crippen LogP contribution is 2.33. The first-order chi connectivity index (χ1) is 9.22. The van der Waals surface area contributed by atoms with Crippen LogP contribution in [-0.2, 0) is 13.0 Å². The first kappa shape index (κ1) is 13.4. The lowest BCUT2D eigenvalue weighted by molar-refractivity contribution is 0.233. The van der Waals surface area contributed by atoms with E-state index in [0.717, 1.165) is 29.8 Å². The molecule has 0 amide bonds. The third-order valence-corrected chi connectivity index (χ3v) is 4.58. The number of nitrogens with zero attached hydrogens (tertiary/aromatic N) is 1. The van der Waals surface area contributed by atoms with Crippen LogP contribution >= 0.6 is 15.9 Å². The van der Waals surface area contributed by atoms with Gasteiger partial charge in [0.05, 0.1) is 6.61 Å². The number of piperidine rings is 1. The fraction of sp³-hybridized carbons (Fsp3) is 0.600. The Kier molecular flexibility index (Phi) is 4.10. The number of benzene rings is 1. The molecule has 0 aliphatic carbocycles. The molecule has 19 heavy (non-hydrogen) atoms. The van der Waals surface area contributed by atoms with E-state index in [1.807, 2.05) is 0 Å². The molecule has 1 saturated heterocycles. The molecule has 0 spiro atoms. The summed E-state index contributed by atoms with van der Waals surface area (Å²) in [6.07, 6.45) is 3.52. The Labute approximate surface area is 123 Å². The minimum atomic E-state index is 0.646. The maximum atomic E-state index is 5.77. The van der Waals surface area contributed by atoms with Gasteiger partial charge in [-0.2, -0.15) is 0 Å². The lowest BCUT2D eigenvalue weighted by Gasteiger charge is -2.29. The number of hydrogen-bond acceptors (Lipinski definition) is 3. The Morgan fingerprint density at radius 3 is 2.95 bits per heavy atom. The molecule has 2 heterocycles. The van der Waals surface area contributed by atoms with Crippen LogP contribution in [0.4, 0.5) is 0 Å². The second-order valence-electron chi connectivity index (χ2n) is 5.61. The first-order valence-corrected chi connectivity index (χ1v) is 7.87. The van der Waals surface area contributed by atoms with Crippen molar-refractivity contribution in [3.8, 4) is 5.75 Å². The van der Waals surface area contributed by atoms with Crippen molar-refractivity contribution in [1.29, 1.82) is 0 Å². The van der Waals surface area contributed by atoms with Crippen LogP contribution in [0, 0.1) is 0 Å². The normalized spacial score (nSPS) is 20.3. The number of nitrogens with one attached hydrogen (secondary N) is 1. The maximum Gasteiger partial charge on any atom is 0.127 e. The Morgan fingerprint density at radius 1 is 1.37 bits per heavy atom. The van der Waals surface area contributed by atoms with Crippen molar-refractivity contribution in [3.05, 3.63) is 27.7 Å². The highest BCUT2D eigenvalue weighted by molar-refractivity contribution is 9.10. The van der Waals surface area contributed by atoms with Gasteiger partial charge in [-0.1, -0.05) is 15.9 Å². The maximum absolute atomic E-state index is 5.77. The molecule has 0 bridgehead atoms. The number of fused-ring (bicyclic) bond motifs is 1. The fourth-order valence-corrected chi connectivity index (χ4v) is 3.50. The summed E-state index contributed by atoms with van der Waals surface area (Å²) in [6, 6.07) is 5.01. The van der Waals surface area contributed by atoms with Gasteiger partial charge in [0.15, 0.2) is 0 Å². The zero-order valence-corrected chi connectivity index (χ0v) is 13.0. The molecule has 104 valence electrons. The first-order valence-electron chi connectivity index (χ1n) is 7.08. The highest BCUT2D eigenvalue weighted by atomic mass is 79.9. The van der Waals surface area contributed by atoms with Crippen LogP contribution in [-0.4, -0.2) is 37.7 Å². The molecule has 3 nitrogen and oxygen atoms in total. The number of likely N-dealkylation sites (tertiary alicyclic amines) is 1. The van der Waals surface area contributed by atoms with Crippen molar-refractivity contribution in [2.45, 2.75) is 31.8 Å². The zero-order valence-electron chi connectivity index (χ0n) is 11.4. The molecular weight excluding hydrogens is 304 g/mol. The molecule has 0 atom stereocenters. The molecular formula is C15H21BrN2O. The Hall–Kier alpha value is -0.580. The van der Waals surface area contributed by atoms with Gasteiger partial charge in [-0.05, 0) is 50.7 Å². The van der Waals surface area contributed by atoms with Gasteiger partial charge in [0.2, 0.25) is 0 Å². The summed E-state index contributed by atoms with van der Waals surface area (Å²) in [5.74, 6) is 1.11. The monoisotopic (exact) mass is 324 g/mol. The predicted octanol–water partition coefficient (Wildman–Crippen LogP) is 2.57. The standard InChI is InChI=1S/C15H21BrN2O/c1-18-5-2-14(3-6-18)17-10-12-9-13(16)8-11-4-7-19-15(11)12/h8-9,14,17H,2-7,10H2,1H3. The van der Waals surface area contributed by atoms with Crippen LogP contribution in [0.2, 0.25) is 0 Å². The van der Waals surface area contributed by atoms with Gasteiger partial charge < -0.3 is 15.0 Å². The topological polar surface area (TPSA) is 24.5 Å². The van der Waals surface area contributed by atoms with Crippen LogP contribution in [0.15, 0.2) is 16.6 Å². The summed E-state index contributed by atoms with van der Waals surface area (Å²) >= 11 is 3.60. The van der Waals surface area contributed by atoms with E-state index in [2.05, 4.69) is 45.3 Å². The minimum absolute atomic E-state index is 0.646. The molecule has 0 radical (unpaired) electrons. The van der Waals surface area contributed by atoms with Gasteiger partial charge in [0.1, 0.15) is 5.75 Å². The predicted molar refractivity (Wildman–Crippen MR) is 80.7 cm³/mol. The number of hydrogen-bond donors (Lipinski definition) is 1. The van der Waals surface area contributed by atoms with E-state index < -0.39 is 0 Å². The summed E-state index contributed by atoms with van der Waals surface area (Å²) in [6.45, 7) is 4.14. The van der Waals surface area contributed by atoms with E-state index in [4.69, 9.17) is 4.74 Å². The summed E-state index contributed by atoms with van der Waals surface area (Å²) in [5.41, 5.74) is 2.63. The fourth-order valence-electron chi connectivity index (χ4n) is 2.94. The molecule has 3 rings (SSSR count). The number of rotatable bonds is 3. The van der Waals surface area contributed by atoms with Crippen molar-refractivity contribution >= 4 is 15.9 Å². The van der Waals surface area contributed by atoms with E-state index in [1.54, 1.807) is 0 Å². The molecule has 0 aromatic heterocycles. The van der Waals surface area contributed by atoms with Crippen molar-refractivity contribution < 1.29 is 4.74 Å². The van der Waals surface area contributed by atoms with E-state index in [1.165, 1.54) is 37.1 Å². The van der Waals surface area contributed by atoms with E-state index >= 15 is 0 Å². The second-order valence-corrected chi connectivity index (χ2v) is 6.53. The van der Waals surface area contributed by atoms with Crippen LogP contribution in [0.3, 0.4) is 0 Å². The summed E-state index contributed by atoms with van der Waals surface area (Å²) in [4.78, 5) is 2.40. The minimum Gasteiger partial charge on any atom is -0.493 e. The quantitative estimate of drug-likeness (QED) is 0.924. The van der Waals surface area contributed by atoms with Gasteiger partial charge in [0.25, 0.3) is 0 Å². The summed E-state index contributed by atoms with van der Waals surface area (Å²) < 4.78 is 6.94. The van der Waals surface area contributed by atoms with E-state index in [0.29, 0.717) is 6.04 Å². The smallest absolute Gasteiger partial charge is 0.127 e. The third-order valence-electron chi connectivity index (χ3n) is 4.13. The third kappa shape index (κ3) is 3.12. The van der Waals surface area contributed by atoms with Crippen LogP contribution in [0.1, 0.15) is 24.0 Å². The van der Waals surface area contributed by atoms with E-state index in [9.17, 15) is 0 Å². The van der Waals surface area contributed by atoms with E-state index in [-0.39, 0.29) is 0 Å². The Morgan fingerprint density at radius 2 is 2.16 bits per heavy atom. The average Bonchev–Trinajstić information content (AvgIpc) is 2.85. The van der Waals surface area contributed by atoms with Crippen molar-refractivity contribution in [1.82, 2.24) is 10.2 Å². The lowest BCUT2D eigenvalue weighted by Crippen LogP contribution is -2.40. The van der Waals surface area contributed by atoms with Crippen LogP contribution in [0.5, 0.6) is 5.75 Å². The van der Waals surface area contributed by atoms with Gasteiger partial charge in [0, 0.05) is 29.0 Å². The Bertz CT molecular complexity index is 456. The molecule has 1 aromatic carbocycles. The van der Waals surface area contributed by atoms with Gasteiger partial charge >= 0.3 is 0 Å².